The van der Waals surface area contributed by atoms with E-state index >= 15 is 0 Å². The van der Waals surface area contributed by atoms with Gasteiger partial charge in [-0.05, 0) is 27.4 Å². The molecule has 2 aromatic heterocycles. The minimum atomic E-state index is 0.0869. The molecule has 3 nitrogen and oxygen atoms in total. The number of anilines is 1. The van der Waals surface area contributed by atoms with Gasteiger partial charge in [0.05, 0.1) is 0 Å². The smallest absolute Gasteiger partial charge is 0.134 e. The Morgan fingerprint density at radius 2 is 2.10 bits per heavy atom. The van der Waals surface area contributed by atoms with E-state index in [4.69, 9.17) is 0 Å². The Morgan fingerprint density at radius 3 is 2.70 bits per heavy atom. The van der Waals surface area contributed by atoms with Gasteiger partial charge in [-0.1, -0.05) is 33.8 Å². The second-order valence-electron chi connectivity index (χ2n) is 5.80. The zero-order valence-electron chi connectivity index (χ0n) is 12.3. The van der Waals surface area contributed by atoms with Crippen molar-refractivity contribution in [2.75, 3.05) is 11.9 Å². The molecule has 0 fully saturated rings. The van der Waals surface area contributed by atoms with E-state index in [9.17, 15) is 0 Å². The lowest BCUT2D eigenvalue weighted by atomic mass is 9.91. The predicted molar refractivity (Wildman–Crippen MR) is 89.7 cm³/mol. The molecule has 0 amide bonds. The third kappa shape index (κ3) is 3.79. The van der Waals surface area contributed by atoms with E-state index in [2.05, 4.69) is 76.4 Å². The molecule has 2 heterocycles. The highest BCUT2D eigenvalue weighted by Crippen LogP contribution is 2.28. The molecule has 0 unspecified atom stereocenters. The average molecular weight is 354 g/mol. The Hall–Kier alpha value is -0.940. The number of rotatable bonds is 5. The van der Waals surface area contributed by atoms with Gasteiger partial charge in [-0.2, -0.15) is 0 Å². The minimum Gasteiger partial charge on any atom is -0.369 e. The molecule has 1 N–H and O–H groups in total. The summed E-state index contributed by atoms with van der Waals surface area (Å²) in [6.45, 7) is 9.52. The first kappa shape index (κ1) is 15.4. The van der Waals surface area contributed by atoms with Gasteiger partial charge in [0.1, 0.15) is 16.2 Å². The number of hydrogen-bond donors (Lipinski definition) is 1. The van der Waals surface area contributed by atoms with Gasteiger partial charge in [-0.15, -0.1) is 11.3 Å². The molecule has 0 saturated heterocycles. The number of nitrogens with zero attached hydrogens (tertiary/aromatic N) is 2. The van der Waals surface area contributed by atoms with Gasteiger partial charge in [0.25, 0.3) is 0 Å². The average Bonchev–Trinajstić information content (AvgIpc) is 2.90. The van der Waals surface area contributed by atoms with Crippen molar-refractivity contribution in [1.29, 1.82) is 0 Å². The summed E-state index contributed by atoms with van der Waals surface area (Å²) in [5.74, 6) is 2.05. The van der Waals surface area contributed by atoms with Crippen molar-refractivity contribution < 1.29 is 0 Å². The molecule has 0 radical (unpaired) electrons. The first-order chi connectivity index (χ1) is 9.38. The van der Waals surface area contributed by atoms with Crippen LogP contribution in [-0.2, 0) is 5.41 Å². The summed E-state index contributed by atoms with van der Waals surface area (Å²) >= 11 is 5.25. The van der Waals surface area contributed by atoms with E-state index in [0.717, 1.165) is 22.8 Å². The molecule has 5 heteroatoms. The third-order valence-corrected chi connectivity index (χ3v) is 4.77. The van der Waals surface area contributed by atoms with E-state index in [1.54, 1.807) is 11.3 Å². The van der Waals surface area contributed by atoms with Gasteiger partial charge >= 0.3 is 0 Å². The summed E-state index contributed by atoms with van der Waals surface area (Å²) < 4.78 is 0.827. The SMILES string of the molecule is CC(C)c1nc(Br)cc(NCC(C)(C)c2cccs2)n1. The van der Waals surface area contributed by atoms with Crippen LogP contribution in [0.25, 0.3) is 0 Å². The quantitative estimate of drug-likeness (QED) is 0.783. The molecule has 108 valence electrons. The molecular formula is C15H20BrN3S. The first-order valence-electron chi connectivity index (χ1n) is 6.71. The molecular weight excluding hydrogens is 334 g/mol. The van der Waals surface area contributed by atoms with Gasteiger partial charge in [0.2, 0.25) is 0 Å². The zero-order chi connectivity index (χ0) is 14.8. The van der Waals surface area contributed by atoms with Crippen LogP contribution in [0.2, 0.25) is 0 Å². The summed E-state index contributed by atoms with van der Waals surface area (Å²) in [5, 5.41) is 5.56. The maximum absolute atomic E-state index is 4.57. The molecule has 0 saturated carbocycles. The largest absolute Gasteiger partial charge is 0.369 e. The lowest BCUT2D eigenvalue weighted by molar-refractivity contribution is 0.567. The minimum absolute atomic E-state index is 0.0869. The van der Waals surface area contributed by atoms with Crippen molar-refractivity contribution in [3.8, 4) is 0 Å². The van der Waals surface area contributed by atoms with Gasteiger partial charge < -0.3 is 5.32 Å². The van der Waals surface area contributed by atoms with Crippen LogP contribution in [0.3, 0.4) is 0 Å². The second kappa shape index (κ2) is 6.22. The predicted octanol–water partition coefficient (Wildman–Crippen LogP) is 4.81. The van der Waals surface area contributed by atoms with Crippen molar-refractivity contribution in [3.63, 3.8) is 0 Å². The summed E-state index contributed by atoms with van der Waals surface area (Å²) in [7, 11) is 0. The number of aromatic nitrogens is 2. The Labute approximate surface area is 133 Å². The molecule has 0 aliphatic carbocycles. The molecule has 0 aliphatic rings. The lowest BCUT2D eigenvalue weighted by Gasteiger charge is -2.24. The van der Waals surface area contributed by atoms with E-state index in [1.165, 1.54) is 4.88 Å². The lowest BCUT2D eigenvalue weighted by Crippen LogP contribution is -2.27. The Balaban J connectivity index is 2.11. The normalized spacial score (nSPS) is 11.9. The highest BCUT2D eigenvalue weighted by molar-refractivity contribution is 9.10. The third-order valence-electron chi connectivity index (χ3n) is 3.13. The van der Waals surface area contributed by atoms with Crippen LogP contribution in [0.1, 0.15) is 44.3 Å². The topological polar surface area (TPSA) is 37.8 Å². The maximum atomic E-state index is 4.57. The van der Waals surface area contributed by atoms with Crippen molar-refractivity contribution in [1.82, 2.24) is 9.97 Å². The van der Waals surface area contributed by atoms with Crippen LogP contribution < -0.4 is 5.32 Å². The Morgan fingerprint density at radius 1 is 1.35 bits per heavy atom. The molecule has 2 rings (SSSR count). The van der Waals surface area contributed by atoms with E-state index in [1.807, 2.05) is 6.07 Å². The summed E-state index contributed by atoms with van der Waals surface area (Å²) in [6, 6.07) is 6.21. The second-order valence-corrected chi connectivity index (χ2v) is 7.56. The van der Waals surface area contributed by atoms with Crippen LogP contribution in [0.5, 0.6) is 0 Å². The highest BCUT2D eigenvalue weighted by Gasteiger charge is 2.21. The fourth-order valence-corrected chi connectivity index (χ4v) is 3.10. The number of halogens is 1. The van der Waals surface area contributed by atoms with Gasteiger partial charge in [-0.3, -0.25) is 0 Å². The first-order valence-corrected chi connectivity index (χ1v) is 8.38. The maximum Gasteiger partial charge on any atom is 0.134 e. The molecule has 20 heavy (non-hydrogen) atoms. The van der Waals surface area contributed by atoms with Gasteiger partial charge in [0, 0.05) is 28.8 Å². The fraction of sp³-hybridized carbons (Fsp3) is 0.467. The molecule has 2 aromatic rings. The number of hydrogen-bond acceptors (Lipinski definition) is 4. The van der Waals surface area contributed by atoms with Crippen LogP contribution >= 0.6 is 27.3 Å². The van der Waals surface area contributed by atoms with Crippen LogP contribution in [0, 0.1) is 0 Å². The zero-order valence-corrected chi connectivity index (χ0v) is 14.7. The molecule has 0 aromatic carbocycles. The Kier molecular flexibility index (Phi) is 4.81. The van der Waals surface area contributed by atoms with E-state index < -0.39 is 0 Å². The highest BCUT2D eigenvalue weighted by atomic mass is 79.9. The monoisotopic (exact) mass is 353 g/mol. The molecule has 0 bridgehead atoms. The standard InChI is InChI=1S/C15H20BrN3S/c1-10(2)14-18-12(16)8-13(19-14)17-9-15(3,4)11-6-5-7-20-11/h5-8,10H,9H2,1-4H3,(H,17,18,19). The van der Waals surface area contributed by atoms with Crippen molar-refractivity contribution >= 4 is 33.1 Å². The summed E-state index contributed by atoms with van der Waals surface area (Å²) in [6.07, 6.45) is 0. The van der Waals surface area contributed by atoms with E-state index in [0.29, 0.717) is 5.92 Å². The fourth-order valence-electron chi connectivity index (χ4n) is 1.85. The van der Waals surface area contributed by atoms with E-state index in [-0.39, 0.29) is 5.41 Å². The van der Waals surface area contributed by atoms with Crippen LogP contribution in [0.4, 0.5) is 5.82 Å². The Bertz CT molecular complexity index is 565. The number of nitrogens with one attached hydrogen (secondary N) is 1. The molecule has 0 spiro atoms. The van der Waals surface area contributed by atoms with Crippen molar-refractivity contribution in [3.05, 3.63) is 38.9 Å². The summed E-state index contributed by atoms with van der Waals surface area (Å²) in [4.78, 5) is 10.3. The van der Waals surface area contributed by atoms with Gasteiger partial charge in [0.15, 0.2) is 0 Å². The van der Waals surface area contributed by atoms with Gasteiger partial charge in [-0.25, -0.2) is 9.97 Å². The summed E-state index contributed by atoms with van der Waals surface area (Å²) in [5.41, 5.74) is 0.0869. The van der Waals surface area contributed by atoms with Crippen LogP contribution in [0.15, 0.2) is 28.2 Å². The van der Waals surface area contributed by atoms with Crippen molar-refractivity contribution in [2.45, 2.75) is 39.0 Å². The molecule has 0 atom stereocenters. The van der Waals surface area contributed by atoms with Crippen molar-refractivity contribution in [2.24, 2.45) is 0 Å². The van der Waals surface area contributed by atoms with Crippen LogP contribution in [-0.4, -0.2) is 16.5 Å². The molecule has 0 aliphatic heterocycles. The number of thiophene rings is 1.